The summed E-state index contributed by atoms with van der Waals surface area (Å²) in [7, 11) is 0. The number of carbonyl (C=O) groups is 2. The van der Waals surface area contributed by atoms with Crippen molar-refractivity contribution in [1.82, 2.24) is 20.9 Å². The van der Waals surface area contributed by atoms with Crippen LogP contribution in [0.2, 0.25) is 0 Å². The quantitative estimate of drug-likeness (QED) is 0.153. The lowest BCUT2D eigenvalue weighted by atomic mass is 10.0. The molecule has 4 rings (SSSR count). The van der Waals surface area contributed by atoms with Crippen LogP contribution in [0.3, 0.4) is 0 Å². The van der Waals surface area contributed by atoms with Crippen molar-refractivity contribution in [2.24, 2.45) is 0 Å². The van der Waals surface area contributed by atoms with E-state index in [1.807, 2.05) is 66.7 Å². The Hall–Kier alpha value is -4.08. The Morgan fingerprint density at radius 2 is 1.49 bits per heavy atom. The van der Waals surface area contributed by atoms with Gasteiger partial charge in [-0.3, -0.25) is 5.32 Å². The normalized spacial score (nSPS) is 13.8. The number of likely N-dealkylation sites (tertiary alicyclic amines) is 1. The summed E-state index contributed by atoms with van der Waals surface area (Å²) >= 11 is 0. The van der Waals surface area contributed by atoms with E-state index in [1.165, 1.54) is 5.56 Å². The number of nitrogens with zero attached hydrogens (tertiary/aromatic N) is 1. The van der Waals surface area contributed by atoms with Gasteiger partial charge in [0.05, 0.1) is 5.69 Å². The number of carbonyl (C=O) groups excluding carboxylic acids is 2. The van der Waals surface area contributed by atoms with E-state index in [9.17, 15) is 14.7 Å². The zero-order chi connectivity index (χ0) is 30.1. The largest absolute Gasteiger partial charge is 0.508 e. The SMILES string of the molecule is O=C(NCCCCCNCCc1ccc(O)cc1)NCCN1CCC(OC(=O)Nc2ccccc2-c2ccccc2)CC1. The van der Waals surface area contributed by atoms with Gasteiger partial charge in [-0.15, -0.1) is 0 Å². The highest BCUT2D eigenvalue weighted by Crippen LogP contribution is 2.28. The van der Waals surface area contributed by atoms with E-state index in [-0.39, 0.29) is 12.1 Å². The van der Waals surface area contributed by atoms with E-state index < -0.39 is 6.09 Å². The van der Waals surface area contributed by atoms with Gasteiger partial charge in [0, 0.05) is 38.3 Å². The van der Waals surface area contributed by atoms with E-state index in [0.717, 1.165) is 88.1 Å². The number of ether oxygens (including phenoxy) is 1. The lowest BCUT2D eigenvalue weighted by Gasteiger charge is -2.31. The first-order chi connectivity index (χ1) is 21.1. The molecular formula is C34H45N5O4. The molecule has 1 saturated heterocycles. The topological polar surface area (TPSA) is 115 Å². The average Bonchev–Trinajstić information content (AvgIpc) is 3.02. The van der Waals surface area contributed by atoms with E-state index in [4.69, 9.17) is 4.74 Å². The Labute approximate surface area is 255 Å². The number of piperidine rings is 1. The molecule has 0 aromatic heterocycles. The third-order valence-corrected chi connectivity index (χ3v) is 7.61. The number of phenols is 1. The van der Waals surface area contributed by atoms with Crippen molar-refractivity contribution in [3.8, 4) is 16.9 Å². The molecule has 1 aliphatic rings. The van der Waals surface area contributed by atoms with Gasteiger partial charge in [0.25, 0.3) is 0 Å². The van der Waals surface area contributed by atoms with Gasteiger partial charge in [0.2, 0.25) is 0 Å². The first-order valence-electron chi connectivity index (χ1n) is 15.4. The van der Waals surface area contributed by atoms with E-state index in [1.54, 1.807) is 12.1 Å². The number of anilines is 1. The Bertz CT molecular complexity index is 1250. The standard InChI is InChI=1S/C34H45N5O4/c40-29-15-13-27(14-16-29)17-22-35-20-7-2-8-21-36-33(41)37-23-26-39-24-18-30(19-25-39)43-34(42)38-32-12-6-5-11-31(32)28-9-3-1-4-10-28/h1,3-6,9-16,30,35,40H,2,7-8,17-26H2,(H,38,42)(H2,36,37,41). The summed E-state index contributed by atoms with van der Waals surface area (Å²) in [6.45, 7) is 5.54. The maximum atomic E-state index is 12.6. The fraction of sp³-hybridized carbons (Fsp3) is 0.412. The minimum absolute atomic E-state index is 0.120. The van der Waals surface area contributed by atoms with Crippen molar-refractivity contribution in [1.29, 1.82) is 0 Å². The number of unbranched alkanes of at least 4 members (excludes halogenated alkanes) is 2. The van der Waals surface area contributed by atoms with Crippen LogP contribution >= 0.6 is 0 Å². The number of hydrogen-bond donors (Lipinski definition) is 5. The van der Waals surface area contributed by atoms with Gasteiger partial charge in [-0.2, -0.15) is 0 Å². The Balaban J connectivity index is 0.991. The van der Waals surface area contributed by atoms with Crippen LogP contribution in [0.5, 0.6) is 5.75 Å². The van der Waals surface area contributed by atoms with E-state index in [2.05, 4.69) is 26.2 Å². The predicted octanol–water partition coefficient (Wildman–Crippen LogP) is 5.37. The van der Waals surface area contributed by atoms with Crippen LogP contribution in [-0.2, 0) is 11.2 Å². The van der Waals surface area contributed by atoms with Gasteiger partial charge >= 0.3 is 12.1 Å². The second kappa shape index (κ2) is 17.8. The maximum absolute atomic E-state index is 12.6. The first kappa shape index (κ1) is 31.8. The van der Waals surface area contributed by atoms with Crippen molar-refractivity contribution >= 4 is 17.8 Å². The first-order valence-corrected chi connectivity index (χ1v) is 15.4. The molecule has 3 aromatic rings. The molecule has 1 fully saturated rings. The average molecular weight is 588 g/mol. The molecule has 230 valence electrons. The van der Waals surface area contributed by atoms with Crippen molar-refractivity contribution in [3.05, 3.63) is 84.4 Å². The number of phenolic OH excluding ortho intramolecular Hbond substituents is 1. The number of aromatic hydroxyl groups is 1. The van der Waals surface area contributed by atoms with Gasteiger partial charge in [0.15, 0.2) is 0 Å². The van der Waals surface area contributed by atoms with Crippen molar-refractivity contribution < 1.29 is 19.4 Å². The number of hydrogen-bond acceptors (Lipinski definition) is 6. The molecule has 1 heterocycles. The molecule has 0 atom stereocenters. The minimum Gasteiger partial charge on any atom is -0.508 e. The Morgan fingerprint density at radius 3 is 2.28 bits per heavy atom. The van der Waals surface area contributed by atoms with E-state index >= 15 is 0 Å². The molecular weight excluding hydrogens is 542 g/mol. The lowest BCUT2D eigenvalue weighted by Crippen LogP contribution is -2.44. The van der Waals surface area contributed by atoms with Crippen LogP contribution in [-0.4, -0.2) is 74.0 Å². The third-order valence-electron chi connectivity index (χ3n) is 7.61. The highest BCUT2D eigenvalue weighted by Gasteiger charge is 2.22. The predicted molar refractivity (Wildman–Crippen MR) is 171 cm³/mol. The number of benzene rings is 3. The molecule has 43 heavy (non-hydrogen) atoms. The number of amides is 3. The molecule has 0 unspecified atom stereocenters. The summed E-state index contributed by atoms with van der Waals surface area (Å²) in [6, 6.07) is 24.9. The van der Waals surface area contributed by atoms with Gasteiger partial charge in [-0.25, -0.2) is 9.59 Å². The van der Waals surface area contributed by atoms with Crippen LogP contribution in [0.25, 0.3) is 11.1 Å². The van der Waals surface area contributed by atoms with Crippen LogP contribution in [0, 0.1) is 0 Å². The molecule has 3 amide bonds. The Morgan fingerprint density at radius 1 is 0.791 bits per heavy atom. The second-order valence-corrected chi connectivity index (χ2v) is 10.9. The third kappa shape index (κ3) is 11.6. The molecule has 1 aliphatic heterocycles. The number of para-hydroxylation sites is 1. The highest BCUT2D eigenvalue weighted by atomic mass is 16.6. The summed E-state index contributed by atoms with van der Waals surface area (Å²) in [5.74, 6) is 0.298. The van der Waals surface area contributed by atoms with Crippen molar-refractivity contribution in [2.75, 3.05) is 51.1 Å². The van der Waals surface area contributed by atoms with Gasteiger partial charge in [-0.05, 0) is 74.5 Å². The summed E-state index contributed by atoms with van der Waals surface area (Å²) in [6.07, 6.45) is 5.01. The smallest absolute Gasteiger partial charge is 0.411 e. The molecule has 5 N–H and O–H groups in total. The zero-order valence-electron chi connectivity index (χ0n) is 24.9. The number of rotatable bonds is 15. The lowest BCUT2D eigenvalue weighted by molar-refractivity contribution is 0.0594. The summed E-state index contributed by atoms with van der Waals surface area (Å²) in [5, 5.41) is 21.6. The number of urea groups is 1. The van der Waals surface area contributed by atoms with Crippen LogP contribution in [0.15, 0.2) is 78.9 Å². The van der Waals surface area contributed by atoms with Crippen LogP contribution < -0.4 is 21.3 Å². The highest BCUT2D eigenvalue weighted by molar-refractivity contribution is 5.91. The zero-order valence-corrected chi connectivity index (χ0v) is 24.9. The Kier molecular flexibility index (Phi) is 13.2. The summed E-state index contributed by atoms with van der Waals surface area (Å²) in [5.41, 5.74) is 3.94. The summed E-state index contributed by atoms with van der Waals surface area (Å²) < 4.78 is 5.72. The molecule has 0 aliphatic carbocycles. The fourth-order valence-corrected chi connectivity index (χ4v) is 5.17. The van der Waals surface area contributed by atoms with Gasteiger partial charge < -0.3 is 30.7 Å². The van der Waals surface area contributed by atoms with Crippen LogP contribution in [0.1, 0.15) is 37.7 Å². The second-order valence-electron chi connectivity index (χ2n) is 10.9. The molecule has 9 nitrogen and oxygen atoms in total. The molecule has 0 bridgehead atoms. The monoisotopic (exact) mass is 587 g/mol. The van der Waals surface area contributed by atoms with Gasteiger partial charge in [0.1, 0.15) is 11.9 Å². The van der Waals surface area contributed by atoms with Gasteiger partial charge in [-0.1, -0.05) is 67.1 Å². The van der Waals surface area contributed by atoms with Crippen molar-refractivity contribution in [3.63, 3.8) is 0 Å². The molecule has 0 spiro atoms. The number of nitrogens with one attached hydrogen (secondary N) is 4. The molecule has 9 heteroatoms. The maximum Gasteiger partial charge on any atom is 0.411 e. The van der Waals surface area contributed by atoms with E-state index in [0.29, 0.717) is 18.8 Å². The molecule has 3 aromatic carbocycles. The molecule has 0 radical (unpaired) electrons. The summed E-state index contributed by atoms with van der Waals surface area (Å²) in [4.78, 5) is 27.0. The minimum atomic E-state index is -0.429. The van der Waals surface area contributed by atoms with Crippen LogP contribution in [0.4, 0.5) is 15.3 Å². The molecule has 0 saturated carbocycles. The fourth-order valence-electron chi connectivity index (χ4n) is 5.17. The van der Waals surface area contributed by atoms with Crippen molar-refractivity contribution in [2.45, 2.75) is 44.6 Å².